The van der Waals surface area contributed by atoms with Crippen LogP contribution in [0.15, 0.2) is 78.1 Å². The Morgan fingerprint density at radius 2 is 1.90 bits per heavy atom. The smallest absolute Gasteiger partial charge is 0.251 e. The Morgan fingerprint density at radius 1 is 1.14 bits per heavy atom. The normalized spacial score (nSPS) is 13.8. The molecular weight excluding hydrogens is 374 g/mol. The summed E-state index contributed by atoms with van der Waals surface area (Å²) in [5, 5.41) is 5.31. The van der Waals surface area contributed by atoms with Crippen molar-refractivity contribution < 1.29 is 18.4 Å². The van der Waals surface area contributed by atoms with Crippen molar-refractivity contribution in [1.82, 2.24) is 10.6 Å². The van der Waals surface area contributed by atoms with E-state index in [4.69, 9.17) is 0 Å². The summed E-state index contributed by atoms with van der Waals surface area (Å²) < 4.78 is 26.4. The third-order valence-electron chi connectivity index (χ3n) is 4.21. The van der Waals surface area contributed by atoms with Gasteiger partial charge in [-0.3, -0.25) is 9.59 Å². The first-order valence-electron chi connectivity index (χ1n) is 9.39. The molecule has 3 rings (SSSR count). The Bertz CT molecular complexity index is 879. The Morgan fingerprint density at radius 3 is 2.52 bits per heavy atom. The van der Waals surface area contributed by atoms with E-state index in [1.807, 2.05) is 31.2 Å². The third kappa shape index (κ3) is 6.99. The molecule has 0 bridgehead atoms. The van der Waals surface area contributed by atoms with Crippen molar-refractivity contribution in [3.63, 3.8) is 0 Å². The Balaban J connectivity index is 0.000000234. The van der Waals surface area contributed by atoms with E-state index in [1.54, 1.807) is 24.3 Å². The van der Waals surface area contributed by atoms with E-state index in [0.29, 0.717) is 42.5 Å². The van der Waals surface area contributed by atoms with E-state index in [1.165, 1.54) is 18.2 Å². The van der Waals surface area contributed by atoms with Crippen LogP contribution < -0.4 is 10.6 Å². The van der Waals surface area contributed by atoms with Gasteiger partial charge in [-0.05, 0) is 54.8 Å². The number of hydrogen-bond donors (Lipinski definition) is 2. The molecule has 1 aliphatic carbocycles. The van der Waals surface area contributed by atoms with E-state index in [0.717, 1.165) is 0 Å². The highest BCUT2D eigenvalue weighted by atomic mass is 19.1. The van der Waals surface area contributed by atoms with Crippen LogP contribution in [-0.4, -0.2) is 18.9 Å². The summed E-state index contributed by atoms with van der Waals surface area (Å²) in [5.74, 6) is -0.610. The van der Waals surface area contributed by atoms with Gasteiger partial charge in [0.15, 0.2) is 0 Å². The summed E-state index contributed by atoms with van der Waals surface area (Å²) in [4.78, 5) is 21.8. The van der Waals surface area contributed by atoms with Gasteiger partial charge < -0.3 is 10.6 Å². The number of carbonyl (C=O) groups excluding carboxylic acids is 2. The summed E-state index contributed by atoms with van der Waals surface area (Å²) in [5.41, 5.74) is 1.96. The molecule has 0 aromatic heterocycles. The summed E-state index contributed by atoms with van der Waals surface area (Å²) in [7, 11) is 0. The maximum atomic E-state index is 13.3. The second-order valence-corrected chi connectivity index (χ2v) is 6.33. The fourth-order valence-corrected chi connectivity index (χ4v) is 2.88. The Hall–Kier alpha value is -3.28. The maximum absolute atomic E-state index is 13.3. The lowest BCUT2D eigenvalue weighted by Crippen LogP contribution is -2.22. The van der Waals surface area contributed by atoms with Crippen LogP contribution in [0.2, 0.25) is 0 Å². The number of amides is 2. The number of rotatable bonds is 6. The van der Waals surface area contributed by atoms with Gasteiger partial charge in [-0.25, -0.2) is 8.78 Å². The molecule has 2 N–H and O–H groups in total. The highest BCUT2D eigenvalue weighted by Gasteiger charge is 2.17. The first-order valence-corrected chi connectivity index (χ1v) is 9.39. The molecule has 0 heterocycles. The molecule has 1 aliphatic rings. The van der Waals surface area contributed by atoms with Gasteiger partial charge in [-0.15, -0.1) is 0 Å². The van der Waals surface area contributed by atoms with E-state index < -0.39 is 6.04 Å². The highest BCUT2D eigenvalue weighted by molar-refractivity contribution is 5.94. The van der Waals surface area contributed by atoms with Crippen molar-refractivity contribution >= 4 is 12.3 Å². The van der Waals surface area contributed by atoms with Crippen molar-refractivity contribution in [2.75, 3.05) is 6.54 Å². The van der Waals surface area contributed by atoms with E-state index in [-0.39, 0.29) is 17.6 Å². The molecule has 0 aliphatic heterocycles. The first kappa shape index (κ1) is 22.0. The third-order valence-corrected chi connectivity index (χ3v) is 4.21. The zero-order valence-electron chi connectivity index (χ0n) is 16.2. The summed E-state index contributed by atoms with van der Waals surface area (Å²) >= 11 is 0. The molecule has 152 valence electrons. The number of hydrogen-bond acceptors (Lipinski definition) is 2. The lowest BCUT2D eigenvalue weighted by Gasteiger charge is -2.20. The maximum Gasteiger partial charge on any atom is 0.251 e. The predicted octanol–water partition coefficient (Wildman–Crippen LogP) is 4.62. The van der Waals surface area contributed by atoms with Crippen molar-refractivity contribution in [2.45, 2.75) is 25.8 Å². The van der Waals surface area contributed by atoms with E-state index >= 15 is 0 Å². The molecule has 0 saturated carbocycles. The van der Waals surface area contributed by atoms with Crippen LogP contribution in [0.1, 0.15) is 41.7 Å². The molecule has 1 unspecified atom stereocenters. The minimum absolute atomic E-state index is 0.00639. The van der Waals surface area contributed by atoms with Crippen LogP contribution in [0.25, 0.3) is 0 Å². The second kappa shape index (κ2) is 11.5. The fraction of sp³-hybridized carbons (Fsp3) is 0.217. The number of benzene rings is 2. The lowest BCUT2D eigenvalue weighted by atomic mass is 9.94. The van der Waals surface area contributed by atoms with E-state index in [9.17, 15) is 18.4 Å². The number of nitrogens with one attached hydrogen (secondary N) is 2. The molecule has 2 aromatic carbocycles. The second-order valence-electron chi connectivity index (χ2n) is 6.33. The molecule has 0 fully saturated rings. The highest BCUT2D eigenvalue weighted by Crippen LogP contribution is 2.29. The van der Waals surface area contributed by atoms with Crippen LogP contribution >= 0.6 is 0 Å². The number of allylic oxidation sites excluding steroid dienone is 2. The van der Waals surface area contributed by atoms with Crippen molar-refractivity contribution in [3.05, 3.63) is 95.1 Å². The molecule has 6 heteroatoms. The zero-order chi connectivity index (χ0) is 21.1. The summed E-state index contributed by atoms with van der Waals surface area (Å²) in [6, 6.07) is 14.6. The van der Waals surface area contributed by atoms with Crippen molar-refractivity contribution in [2.24, 2.45) is 0 Å². The predicted molar refractivity (Wildman–Crippen MR) is 109 cm³/mol. The van der Waals surface area contributed by atoms with Gasteiger partial charge in [0, 0.05) is 18.5 Å². The number of halogens is 2. The van der Waals surface area contributed by atoms with Crippen LogP contribution in [0.5, 0.6) is 0 Å². The minimum atomic E-state index is -0.510. The molecule has 0 saturated heterocycles. The summed E-state index contributed by atoms with van der Waals surface area (Å²) in [6.45, 7) is 2.58. The van der Waals surface area contributed by atoms with Gasteiger partial charge in [-0.1, -0.05) is 36.4 Å². The molecule has 0 spiro atoms. The number of carbonyl (C=O) groups is 2. The van der Waals surface area contributed by atoms with Crippen molar-refractivity contribution in [3.8, 4) is 0 Å². The topological polar surface area (TPSA) is 58.2 Å². The monoisotopic (exact) mass is 398 g/mol. The van der Waals surface area contributed by atoms with Gasteiger partial charge in [0.2, 0.25) is 6.41 Å². The molecule has 1 atom stereocenters. The fourth-order valence-electron chi connectivity index (χ4n) is 2.88. The quantitative estimate of drug-likeness (QED) is 0.698. The van der Waals surface area contributed by atoms with Gasteiger partial charge in [0.25, 0.3) is 5.91 Å². The van der Waals surface area contributed by atoms with Crippen molar-refractivity contribution in [1.29, 1.82) is 0 Å². The molecule has 0 radical (unpaired) electrons. The average molecular weight is 398 g/mol. The Labute approximate surface area is 169 Å². The van der Waals surface area contributed by atoms with Crippen LogP contribution in [0.4, 0.5) is 8.78 Å². The molecule has 2 aromatic rings. The standard InChI is InChI=1S/C14H13F2NO.C9H11NO/c15-12-5-1-3-10(7-12)14(17-9-18)11-4-2-6-13(16)8-11;1-2-10-9(11)8-6-4-3-5-7-8/h1,3-5,7-9,14H,2,6H2,(H,17,18);3-7H,2H2,1H3,(H,10,11). The van der Waals surface area contributed by atoms with Crippen LogP contribution in [0, 0.1) is 5.82 Å². The van der Waals surface area contributed by atoms with Gasteiger partial charge >= 0.3 is 0 Å². The largest absolute Gasteiger partial charge is 0.352 e. The molecular formula is C23H24F2N2O2. The molecule has 4 nitrogen and oxygen atoms in total. The lowest BCUT2D eigenvalue weighted by molar-refractivity contribution is -0.110. The zero-order valence-corrected chi connectivity index (χ0v) is 16.2. The van der Waals surface area contributed by atoms with E-state index in [2.05, 4.69) is 10.6 Å². The van der Waals surface area contributed by atoms with Gasteiger partial charge in [0.05, 0.1) is 6.04 Å². The van der Waals surface area contributed by atoms with Gasteiger partial charge in [-0.2, -0.15) is 0 Å². The first-order chi connectivity index (χ1) is 14.0. The van der Waals surface area contributed by atoms with Crippen LogP contribution in [0.3, 0.4) is 0 Å². The Kier molecular flexibility index (Phi) is 8.76. The van der Waals surface area contributed by atoms with Crippen LogP contribution in [-0.2, 0) is 4.79 Å². The average Bonchev–Trinajstić information content (AvgIpc) is 2.73. The molecule has 2 amide bonds. The molecule has 29 heavy (non-hydrogen) atoms. The summed E-state index contributed by atoms with van der Waals surface area (Å²) in [6.07, 6.45) is 4.76. The van der Waals surface area contributed by atoms with Gasteiger partial charge in [0.1, 0.15) is 11.6 Å². The SMILES string of the molecule is CCNC(=O)c1ccccc1.O=CNC(C1=CCCC(F)=C1)c1cccc(F)c1. The minimum Gasteiger partial charge on any atom is -0.352 e.